The molecule has 0 saturated carbocycles. The number of aliphatic imine (C=N–C) groups is 1. The first-order valence-electron chi connectivity index (χ1n) is 9.80. The quantitative estimate of drug-likeness (QED) is 0.421. The zero-order chi connectivity index (χ0) is 19.8. The SMILES string of the molecule is CN=C(NCCCn1cccn1)NCc1c(Cl)cccc1N1CCN(C)CC1. The molecule has 152 valence electrons. The van der Waals surface area contributed by atoms with E-state index in [-0.39, 0.29) is 0 Å². The van der Waals surface area contributed by atoms with Crippen LogP contribution >= 0.6 is 11.6 Å². The molecule has 1 aromatic carbocycles. The zero-order valence-electron chi connectivity index (χ0n) is 16.7. The number of benzene rings is 1. The molecule has 1 aliphatic rings. The number of piperazine rings is 1. The van der Waals surface area contributed by atoms with Crippen LogP contribution in [-0.4, -0.2) is 67.5 Å². The van der Waals surface area contributed by atoms with Crippen molar-refractivity contribution in [2.45, 2.75) is 19.5 Å². The smallest absolute Gasteiger partial charge is 0.191 e. The summed E-state index contributed by atoms with van der Waals surface area (Å²) in [5.41, 5.74) is 2.33. The lowest BCUT2D eigenvalue weighted by atomic mass is 10.1. The van der Waals surface area contributed by atoms with E-state index in [4.69, 9.17) is 11.6 Å². The number of hydrogen-bond acceptors (Lipinski definition) is 4. The number of anilines is 1. The summed E-state index contributed by atoms with van der Waals surface area (Å²) in [6, 6.07) is 8.09. The Bertz CT molecular complexity index is 752. The van der Waals surface area contributed by atoms with Crippen LogP contribution in [0.25, 0.3) is 0 Å². The van der Waals surface area contributed by atoms with Crippen molar-refractivity contribution in [3.05, 3.63) is 47.2 Å². The molecular weight excluding hydrogens is 374 g/mol. The highest BCUT2D eigenvalue weighted by Gasteiger charge is 2.18. The van der Waals surface area contributed by atoms with Crippen molar-refractivity contribution < 1.29 is 0 Å². The fourth-order valence-corrected chi connectivity index (χ4v) is 3.58. The van der Waals surface area contributed by atoms with Gasteiger partial charge >= 0.3 is 0 Å². The highest BCUT2D eigenvalue weighted by molar-refractivity contribution is 6.31. The van der Waals surface area contributed by atoms with Gasteiger partial charge in [-0.1, -0.05) is 17.7 Å². The minimum absolute atomic E-state index is 0.639. The van der Waals surface area contributed by atoms with E-state index in [0.29, 0.717) is 6.54 Å². The first-order valence-corrected chi connectivity index (χ1v) is 10.2. The molecule has 7 nitrogen and oxygen atoms in total. The Morgan fingerprint density at radius 1 is 1.18 bits per heavy atom. The Morgan fingerprint density at radius 3 is 2.71 bits per heavy atom. The summed E-state index contributed by atoms with van der Waals surface area (Å²) in [5, 5.41) is 11.8. The molecule has 8 heteroatoms. The second-order valence-electron chi connectivity index (χ2n) is 7.00. The number of aryl methyl sites for hydroxylation is 1. The number of rotatable bonds is 7. The Kier molecular flexibility index (Phi) is 7.56. The summed E-state index contributed by atoms with van der Waals surface area (Å²) in [5.74, 6) is 0.782. The minimum atomic E-state index is 0.639. The number of hydrogen-bond donors (Lipinski definition) is 2. The first-order chi connectivity index (χ1) is 13.7. The molecule has 0 bridgehead atoms. The van der Waals surface area contributed by atoms with Crippen LogP contribution in [0, 0.1) is 0 Å². The molecule has 1 aromatic heterocycles. The summed E-state index contributed by atoms with van der Waals surface area (Å²) in [7, 11) is 3.95. The molecular formula is C20H30ClN7. The second kappa shape index (κ2) is 10.3. The highest BCUT2D eigenvalue weighted by Crippen LogP contribution is 2.28. The van der Waals surface area contributed by atoms with E-state index in [1.165, 1.54) is 5.69 Å². The third-order valence-electron chi connectivity index (χ3n) is 5.01. The maximum Gasteiger partial charge on any atom is 0.191 e. The highest BCUT2D eigenvalue weighted by atomic mass is 35.5. The molecule has 0 atom stereocenters. The Hall–Kier alpha value is -2.25. The van der Waals surface area contributed by atoms with E-state index in [2.05, 4.69) is 43.6 Å². The van der Waals surface area contributed by atoms with Gasteiger partial charge in [0.1, 0.15) is 0 Å². The van der Waals surface area contributed by atoms with E-state index in [1.54, 1.807) is 13.2 Å². The van der Waals surface area contributed by atoms with Crippen molar-refractivity contribution in [2.75, 3.05) is 51.7 Å². The van der Waals surface area contributed by atoms with Crippen molar-refractivity contribution >= 4 is 23.2 Å². The predicted octanol–water partition coefficient (Wildman–Crippen LogP) is 2.04. The van der Waals surface area contributed by atoms with Crippen molar-refractivity contribution in [1.29, 1.82) is 0 Å². The van der Waals surface area contributed by atoms with Gasteiger partial charge in [-0.3, -0.25) is 9.67 Å². The fraction of sp³-hybridized carbons (Fsp3) is 0.500. The summed E-state index contributed by atoms with van der Waals surface area (Å²) in [6.45, 7) is 6.52. The van der Waals surface area contributed by atoms with Crippen LogP contribution in [0.15, 0.2) is 41.7 Å². The maximum atomic E-state index is 6.54. The van der Waals surface area contributed by atoms with Crippen molar-refractivity contribution in [3.63, 3.8) is 0 Å². The number of nitrogens with one attached hydrogen (secondary N) is 2. The number of guanidine groups is 1. The number of likely N-dealkylation sites (N-methyl/N-ethyl adjacent to an activating group) is 1. The number of halogens is 1. The average Bonchev–Trinajstić information content (AvgIpc) is 3.22. The Balaban J connectivity index is 1.53. The Morgan fingerprint density at radius 2 is 2.00 bits per heavy atom. The van der Waals surface area contributed by atoms with Gasteiger partial charge in [0.05, 0.1) is 0 Å². The molecule has 2 heterocycles. The third kappa shape index (κ3) is 5.62. The van der Waals surface area contributed by atoms with Crippen LogP contribution in [0.2, 0.25) is 5.02 Å². The average molecular weight is 404 g/mol. The summed E-state index contributed by atoms with van der Waals surface area (Å²) >= 11 is 6.54. The van der Waals surface area contributed by atoms with E-state index >= 15 is 0 Å². The third-order valence-corrected chi connectivity index (χ3v) is 5.36. The van der Waals surface area contributed by atoms with Gasteiger partial charge in [0, 0.05) is 81.5 Å². The summed E-state index contributed by atoms with van der Waals surface area (Å²) in [6.07, 6.45) is 4.75. The second-order valence-corrected chi connectivity index (χ2v) is 7.41. The molecule has 0 amide bonds. The van der Waals surface area contributed by atoms with Crippen LogP contribution in [0.3, 0.4) is 0 Å². The van der Waals surface area contributed by atoms with Crippen LogP contribution < -0.4 is 15.5 Å². The van der Waals surface area contributed by atoms with Gasteiger partial charge in [-0.15, -0.1) is 0 Å². The fourth-order valence-electron chi connectivity index (χ4n) is 3.34. The molecule has 0 spiro atoms. The lowest BCUT2D eigenvalue weighted by molar-refractivity contribution is 0.312. The van der Waals surface area contributed by atoms with Crippen molar-refractivity contribution in [1.82, 2.24) is 25.3 Å². The van der Waals surface area contributed by atoms with Crippen molar-refractivity contribution in [3.8, 4) is 0 Å². The lowest BCUT2D eigenvalue weighted by Crippen LogP contribution is -2.45. The first kappa shape index (κ1) is 20.5. The standard InChI is InChI=1S/C20H30ClN7/c1-22-20(23-8-4-10-28-11-5-9-25-28)24-16-17-18(21)6-3-7-19(17)27-14-12-26(2)13-15-27/h3,5-7,9,11H,4,8,10,12-16H2,1-2H3,(H2,22,23,24). The molecule has 1 fully saturated rings. The molecule has 3 rings (SSSR count). The molecule has 2 N–H and O–H groups in total. The topological polar surface area (TPSA) is 60.7 Å². The van der Waals surface area contributed by atoms with Crippen LogP contribution in [0.4, 0.5) is 5.69 Å². The maximum absolute atomic E-state index is 6.54. The van der Waals surface area contributed by atoms with Crippen LogP contribution in [0.1, 0.15) is 12.0 Å². The zero-order valence-corrected chi connectivity index (χ0v) is 17.5. The van der Waals surface area contributed by atoms with Gasteiger partial charge in [-0.25, -0.2) is 0 Å². The normalized spacial score (nSPS) is 15.7. The van der Waals surface area contributed by atoms with E-state index < -0.39 is 0 Å². The van der Waals surface area contributed by atoms with Gasteiger partial charge in [-0.05, 0) is 31.7 Å². The van der Waals surface area contributed by atoms with Gasteiger partial charge in [-0.2, -0.15) is 5.10 Å². The van der Waals surface area contributed by atoms with E-state index in [0.717, 1.165) is 62.2 Å². The molecule has 0 unspecified atom stereocenters. The van der Waals surface area contributed by atoms with Crippen LogP contribution in [-0.2, 0) is 13.1 Å². The molecule has 0 aliphatic carbocycles. The summed E-state index contributed by atoms with van der Waals surface area (Å²) < 4.78 is 1.93. The van der Waals surface area contributed by atoms with Gasteiger partial charge < -0.3 is 20.4 Å². The molecule has 2 aromatic rings. The molecule has 1 aliphatic heterocycles. The van der Waals surface area contributed by atoms with Crippen molar-refractivity contribution in [2.24, 2.45) is 4.99 Å². The molecule has 28 heavy (non-hydrogen) atoms. The largest absolute Gasteiger partial charge is 0.369 e. The number of aromatic nitrogens is 2. The monoisotopic (exact) mass is 403 g/mol. The van der Waals surface area contributed by atoms with Gasteiger partial charge in [0.25, 0.3) is 0 Å². The van der Waals surface area contributed by atoms with Gasteiger partial charge in [0.15, 0.2) is 5.96 Å². The minimum Gasteiger partial charge on any atom is -0.369 e. The molecule has 1 saturated heterocycles. The van der Waals surface area contributed by atoms with Crippen LogP contribution in [0.5, 0.6) is 0 Å². The predicted molar refractivity (Wildman–Crippen MR) is 116 cm³/mol. The summed E-state index contributed by atoms with van der Waals surface area (Å²) in [4.78, 5) is 9.10. The Labute approximate surface area is 172 Å². The molecule has 0 radical (unpaired) electrons. The lowest BCUT2D eigenvalue weighted by Gasteiger charge is -2.35. The van der Waals surface area contributed by atoms with Gasteiger partial charge in [0.2, 0.25) is 0 Å². The number of nitrogens with zero attached hydrogens (tertiary/aromatic N) is 5. The van der Waals surface area contributed by atoms with E-state index in [1.807, 2.05) is 29.1 Å². The van der Waals surface area contributed by atoms with E-state index in [9.17, 15) is 0 Å².